The Bertz CT molecular complexity index is 468. The van der Waals surface area contributed by atoms with E-state index < -0.39 is 0 Å². The van der Waals surface area contributed by atoms with Gasteiger partial charge in [0.1, 0.15) is 0 Å². The molecule has 0 unspecified atom stereocenters. The number of hydrogen-bond donors (Lipinski definition) is 0. The highest BCUT2D eigenvalue weighted by molar-refractivity contribution is 6.67. The first kappa shape index (κ1) is 12.2. The Balaban J connectivity index is 1.78. The molecule has 0 spiro atoms. The van der Waals surface area contributed by atoms with E-state index in [-0.39, 0.29) is 5.24 Å². The summed E-state index contributed by atoms with van der Waals surface area (Å²) in [5, 5.41) is -0.349. The van der Waals surface area contributed by atoms with Crippen molar-refractivity contribution in [2.75, 3.05) is 13.1 Å². The second kappa shape index (κ2) is 5.02. The van der Waals surface area contributed by atoms with E-state index in [2.05, 4.69) is 11.0 Å². The number of fused-ring (bicyclic) bond motifs is 1. The Morgan fingerprint density at radius 3 is 2.50 bits per heavy atom. The predicted molar refractivity (Wildman–Crippen MR) is 73.2 cm³/mol. The van der Waals surface area contributed by atoms with E-state index in [4.69, 9.17) is 11.6 Å². The van der Waals surface area contributed by atoms with Gasteiger partial charge in [-0.15, -0.1) is 0 Å². The molecule has 3 rings (SSSR count). The van der Waals surface area contributed by atoms with Gasteiger partial charge in [0.05, 0.1) is 0 Å². The quantitative estimate of drug-likeness (QED) is 0.765. The van der Waals surface area contributed by atoms with Crippen LogP contribution in [0.4, 0.5) is 0 Å². The van der Waals surface area contributed by atoms with Crippen LogP contribution in [0, 0.1) is 0 Å². The summed E-state index contributed by atoms with van der Waals surface area (Å²) in [7, 11) is 0. The van der Waals surface area contributed by atoms with E-state index in [1.165, 1.54) is 30.4 Å². The van der Waals surface area contributed by atoms with Gasteiger partial charge in [-0.3, -0.25) is 9.69 Å². The van der Waals surface area contributed by atoms with Crippen LogP contribution < -0.4 is 0 Å². The number of halogens is 1. The number of rotatable bonds is 2. The van der Waals surface area contributed by atoms with Crippen LogP contribution in [0.15, 0.2) is 18.2 Å². The topological polar surface area (TPSA) is 20.3 Å². The predicted octanol–water partition coefficient (Wildman–Crippen LogP) is 3.02. The summed E-state index contributed by atoms with van der Waals surface area (Å²) in [5.74, 6) is 0. The zero-order valence-electron chi connectivity index (χ0n) is 10.5. The number of carbonyl (C=O) groups is 1. The highest BCUT2D eigenvalue weighted by Crippen LogP contribution is 2.27. The van der Waals surface area contributed by atoms with Gasteiger partial charge in [0, 0.05) is 24.7 Å². The van der Waals surface area contributed by atoms with Crippen molar-refractivity contribution < 1.29 is 4.79 Å². The van der Waals surface area contributed by atoms with Gasteiger partial charge < -0.3 is 0 Å². The molecule has 0 radical (unpaired) electrons. The minimum Gasteiger partial charge on any atom is -0.300 e. The van der Waals surface area contributed by atoms with Crippen molar-refractivity contribution in [1.82, 2.24) is 4.90 Å². The molecule has 0 aromatic heterocycles. The molecule has 18 heavy (non-hydrogen) atoms. The molecule has 3 heteroatoms. The average molecular weight is 264 g/mol. The first-order valence-corrected chi connectivity index (χ1v) is 7.17. The molecule has 1 aromatic carbocycles. The Morgan fingerprint density at radius 1 is 1.17 bits per heavy atom. The fourth-order valence-electron chi connectivity index (χ4n) is 2.98. The molecule has 1 aliphatic carbocycles. The van der Waals surface area contributed by atoms with E-state index in [0.717, 1.165) is 32.0 Å². The van der Waals surface area contributed by atoms with Gasteiger partial charge in [-0.05, 0) is 60.5 Å². The Labute approximate surface area is 113 Å². The van der Waals surface area contributed by atoms with E-state index in [1.54, 1.807) is 0 Å². The van der Waals surface area contributed by atoms with Crippen molar-refractivity contribution in [3.8, 4) is 0 Å². The first-order valence-electron chi connectivity index (χ1n) is 6.80. The van der Waals surface area contributed by atoms with Crippen LogP contribution in [0.3, 0.4) is 0 Å². The molecule has 1 heterocycles. The van der Waals surface area contributed by atoms with Gasteiger partial charge in [-0.1, -0.05) is 12.5 Å². The highest BCUT2D eigenvalue weighted by Gasteiger charge is 2.26. The molecule has 0 N–H and O–H groups in total. The van der Waals surface area contributed by atoms with Crippen molar-refractivity contribution in [3.63, 3.8) is 0 Å². The van der Waals surface area contributed by atoms with Crippen LogP contribution in [0.5, 0.6) is 0 Å². The summed E-state index contributed by atoms with van der Waals surface area (Å²) < 4.78 is 0. The van der Waals surface area contributed by atoms with Gasteiger partial charge in [0.25, 0.3) is 5.24 Å². The molecule has 0 atom stereocenters. The maximum Gasteiger partial charge on any atom is 0.252 e. The van der Waals surface area contributed by atoms with Crippen LogP contribution in [0.25, 0.3) is 0 Å². The van der Waals surface area contributed by atoms with Crippen molar-refractivity contribution in [2.45, 2.75) is 38.1 Å². The molecule has 2 nitrogen and oxygen atoms in total. The second-order valence-corrected chi connectivity index (χ2v) is 5.72. The summed E-state index contributed by atoms with van der Waals surface area (Å²) in [6.07, 6.45) is 6.26. The molecule has 1 saturated carbocycles. The van der Waals surface area contributed by atoms with Gasteiger partial charge >= 0.3 is 0 Å². The zero-order chi connectivity index (χ0) is 12.5. The second-order valence-electron chi connectivity index (χ2n) is 5.38. The standard InChI is InChI=1S/C15H18ClNO/c16-15(18)13-5-4-11-6-8-17(14-2-1-3-14)9-7-12(11)10-13/h4-5,10,14H,1-3,6-9H2. The lowest BCUT2D eigenvalue weighted by atomic mass is 9.91. The van der Waals surface area contributed by atoms with E-state index >= 15 is 0 Å². The fraction of sp³-hybridized carbons (Fsp3) is 0.533. The molecule has 0 bridgehead atoms. The van der Waals surface area contributed by atoms with Crippen LogP contribution in [-0.2, 0) is 12.8 Å². The third kappa shape index (κ3) is 2.32. The van der Waals surface area contributed by atoms with Gasteiger partial charge in [-0.2, -0.15) is 0 Å². The molecule has 1 aliphatic heterocycles. The molecule has 96 valence electrons. The molecular formula is C15H18ClNO. The summed E-state index contributed by atoms with van der Waals surface area (Å²) in [5.41, 5.74) is 3.33. The monoisotopic (exact) mass is 263 g/mol. The Kier molecular flexibility index (Phi) is 3.40. The van der Waals surface area contributed by atoms with Crippen LogP contribution in [-0.4, -0.2) is 29.3 Å². The van der Waals surface area contributed by atoms with Gasteiger partial charge in [0.15, 0.2) is 0 Å². The van der Waals surface area contributed by atoms with Crippen molar-refractivity contribution >= 4 is 16.8 Å². The molecular weight excluding hydrogens is 246 g/mol. The van der Waals surface area contributed by atoms with E-state index in [9.17, 15) is 4.79 Å². The SMILES string of the molecule is O=C(Cl)c1ccc2c(c1)CCN(C1CCC1)CC2. The van der Waals surface area contributed by atoms with Crippen LogP contribution in [0.2, 0.25) is 0 Å². The summed E-state index contributed by atoms with van der Waals surface area (Å²) in [6.45, 7) is 2.28. The van der Waals surface area contributed by atoms with Gasteiger partial charge in [-0.25, -0.2) is 0 Å². The number of hydrogen-bond acceptors (Lipinski definition) is 2. The lowest BCUT2D eigenvalue weighted by Crippen LogP contribution is -2.41. The maximum absolute atomic E-state index is 11.2. The normalized spacial score (nSPS) is 20.9. The largest absolute Gasteiger partial charge is 0.300 e. The molecule has 1 fully saturated rings. The van der Waals surface area contributed by atoms with E-state index in [0.29, 0.717) is 5.56 Å². The third-order valence-corrected chi connectivity index (χ3v) is 4.58. The highest BCUT2D eigenvalue weighted by atomic mass is 35.5. The maximum atomic E-state index is 11.2. The van der Waals surface area contributed by atoms with E-state index in [1.807, 2.05) is 12.1 Å². The summed E-state index contributed by atoms with van der Waals surface area (Å²) in [4.78, 5) is 13.8. The summed E-state index contributed by atoms with van der Waals surface area (Å²) >= 11 is 5.55. The third-order valence-electron chi connectivity index (χ3n) is 4.36. The first-order chi connectivity index (χ1) is 8.74. The number of carbonyl (C=O) groups excluding carboxylic acids is 1. The molecule has 0 saturated heterocycles. The van der Waals surface area contributed by atoms with Crippen LogP contribution >= 0.6 is 11.6 Å². The number of nitrogens with zero attached hydrogens (tertiary/aromatic N) is 1. The average Bonchev–Trinajstić information content (AvgIpc) is 2.49. The minimum atomic E-state index is -0.349. The Hall–Kier alpha value is -0.860. The van der Waals surface area contributed by atoms with Crippen molar-refractivity contribution in [1.29, 1.82) is 0 Å². The lowest BCUT2D eigenvalue weighted by molar-refractivity contribution is 0.108. The smallest absolute Gasteiger partial charge is 0.252 e. The summed E-state index contributed by atoms with van der Waals surface area (Å²) in [6, 6.07) is 6.73. The van der Waals surface area contributed by atoms with Crippen molar-refractivity contribution in [2.24, 2.45) is 0 Å². The Morgan fingerprint density at radius 2 is 1.89 bits per heavy atom. The van der Waals surface area contributed by atoms with Crippen molar-refractivity contribution in [3.05, 3.63) is 34.9 Å². The van der Waals surface area contributed by atoms with Gasteiger partial charge in [0.2, 0.25) is 0 Å². The number of benzene rings is 1. The van der Waals surface area contributed by atoms with Crippen LogP contribution in [0.1, 0.15) is 40.7 Å². The molecule has 0 amide bonds. The minimum absolute atomic E-state index is 0.349. The lowest BCUT2D eigenvalue weighted by Gasteiger charge is -2.36. The fourth-order valence-corrected chi connectivity index (χ4v) is 3.10. The molecule has 2 aliphatic rings. The molecule has 1 aromatic rings. The zero-order valence-corrected chi connectivity index (χ0v) is 11.2.